The molecule has 65 heavy (non-hydrogen) atoms. The Morgan fingerprint density at radius 3 is 2.22 bits per heavy atom. The van der Waals surface area contributed by atoms with Gasteiger partial charge in [-0.15, -0.1) is 0 Å². The van der Waals surface area contributed by atoms with Crippen LogP contribution in [0.1, 0.15) is 136 Å². The third-order valence-corrected chi connectivity index (χ3v) is 12.6. The fourth-order valence-corrected chi connectivity index (χ4v) is 8.47. The lowest BCUT2D eigenvalue weighted by Crippen LogP contribution is -2.36. The zero-order chi connectivity index (χ0) is 48.1. The number of phosphoric acid groups is 2. The van der Waals surface area contributed by atoms with Crippen LogP contribution in [0.3, 0.4) is 0 Å². The van der Waals surface area contributed by atoms with Gasteiger partial charge in [0.15, 0.2) is 12.3 Å². The number of esters is 2. The molecule has 1 aliphatic rings. The predicted octanol–water partition coefficient (Wildman–Crippen LogP) is 7.04. The topological polar surface area (TPSA) is 286 Å². The van der Waals surface area contributed by atoms with Crippen molar-refractivity contribution in [1.82, 2.24) is 9.55 Å². The Kier molecular flexibility index (Phi) is 28.8. The highest BCUT2D eigenvalue weighted by Crippen LogP contribution is 2.60. The third-order valence-electron chi connectivity index (χ3n) is 9.95. The number of hydrogen-bond acceptors (Lipinski definition) is 16. The van der Waals surface area contributed by atoms with Crippen molar-refractivity contribution in [3.05, 3.63) is 71.4 Å². The van der Waals surface area contributed by atoms with E-state index >= 15 is 0 Å². The number of hydrogen-bond donors (Lipinski definition) is 6. The lowest BCUT2D eigenvalue weighted by Gasteiger charge is -2.21. The Morgan fingerprint density at radius 1 is 0.846 bits per heavy atom. The van der Waals surface area contributed by atoms with E-state index < -0.39 is 89.8 Å². The Labute approximate surface area is 382 Å². The van der Waals surface area contributed by atoms with Crippen molar-refractivity contribution in [2.45, 2.75) is 167 Å². The molecule has 370 valence electrons. The molecule has 1 fully saturated rings. The molecule has 0 radical (unpaired) electrons. The molecule has 7 N–H and O–H groups in total. The van der Waals surface area contributed by atoms with Gasteiger partial charge in [-0.25, -0.2) is 13.9 Å². The van der Waals surface area contributed by atoms with Crippen molar-refractivity contribution in [2.75, 3.05) is 25.6 Å². The summed E-state index contributed by atoms with van der Waals surface area (Å²) in [6.45, 7) is 4.06. The van der Waals surface area contributed by atoms with Gasteiger partial charge in [-0.1, -0.05) is 121 Å². The van der Waals surface area contributed by atoms with Crippen LogP contribution in [0.5, 0.6) is 0 Å². The van der Waals surface area contributed by atoms with Crippen LogP contribution >= 0.6 is 15.6 Å². The zero-order valence-electron chi connectivity index (χ0n) is 38.1. The molecule has 2 heterocycles. The number of aliphatic hydroxyl groups is 3. The van der Waals surface area contributed by atoms with E-state index in [2.05, 4.69) is 54.4 Å². The molecule has 1 saturated heterocycles. The number of allylic oxidation sites excluding steroid dienone is 7. The standard InChI is InChI=1S/C44H73N3O16P2/c1-4-5-6-7-8-9-10-11-12-13-14-18-21-25-35(48)26-23-28-39(49)58-31-36(61-40(50)27-22-19-16-15-17-20-24-34(2)3)32-59-64(54,55)63-65(56,57)60-33-37-41(51)42(52)43(62-37)47-30-29-38(45)46-44(47)53/h8-9,11-12,14,18,21,25,29-30,34-37,41-43,48,51-52H,4-7,10,13,15-17,19-20,22-24,26-28,31-33H2,1-3H3,(H,54,55)(H,56,57)(H2,45,46,53)/b9-8-,12-11-,18-14-,25-21+/t35-,36-,37-,41-,42-,43-/m1/s1. The second-order valence-corrected chi connectivity index (χ2v) is 19.3. The molecular weight excluding hydrogens is 888 g/mol. The molecule has 1 aromatic rings. The number of anilines is 1. The minimum absolute atomic E-state index is 0.00563. The van der Waals surface area contributed by atoms with Gasteiger partial charge in [-0.05, 0) is 56.9 Å². The number of carbonyl (C=O) groups is 2. The molecule has 19 nitrogen and oxygen atoms in total. The van der Waals surface area contributed by atoms with Crippen LogP contribution in [0.15, 0.2) is 65.7 Å². The van der Waals surface area contributed by atoms with Gasteiger partial charge in [0.25, 0.3) is 0 Å². The maximum absolute atomic E-state index is 12.8. The number of phosphoric ester groups is 2. The molecule has 0 spiro atoms. The smallest absolute Gasteiger partial charge is 0.462 e. The van der Waals surface area contributed by atoms with Crippen LogP contribution in [-0.4, -0.2) is 96.9 Å². The van der Waals surface area contributed by atoms with E-state index in [1.54, 1.807) is 12.2 Å². The van der Waals surface area contributed by atoms with Crippen LogP contribution in [0.4, 0.5) is 5.82 Å². The monoisotopic (exact) mass is 961 g/mol. The molecule has 2 unspecified atom stereocenters. The molecule has 1 aromatic heterocycles. The normalized spacial score (nSPS) is 20.8. The maximum Gasteiger partial charge on any atom is 0.481 e. The second-order valence-electron chi connectivity index (χ2n) is 16.2. The van der Waals surface area contributed by atoms with E-state index in [9.17, 15) is 48.6 Å². The Morgan fingerprint density at radius 2 is 1.51 bits per heavy atom. The minimum Gasteiger partial charge on any atom is -0.462 e. The van der Waals surface area contributed by atoms with Gasteiger partial charge in [0.2, 0.25) is 0 Å². The highest BCUT2D eigenvalue weighted by Gasteiger charge is 2.46. The van der Waals surface area contributed by atoms with E-state index in [1.165, 1.54) is 25.3 Å². The summed E-state index contributed by atoms with van der Waals surface area (Å²) in [7, 11) is -10.9. The molecule has 2 rings (SSSR count). The second kappa shape index (κ2) is 32.4. The quantitative estimate of drug-likeness (QED) is 0.0131. The van der Waals surface area contributed by atoms with Crippen LogP contribution < -0.4 is 11.4 Å². The van der Waals surface area contributed by atoms with Gasteiger partial charge >= 0.3 is 33.3 Å². The number of nitrogen functional groups attached to an aromatic ring is 1. The third kappa shape index (κ3) is 26.6. The van der Waals surface area contributed by atoms with Gasteiger partial charge in [0, 0.05) is 19.0 Å². The van der Waals surface area contributed by atoms with Crippen LogP contribution in [0.25, 0.3) is 0 Å². The summed E-state index contributed by atoms with van der Waals surface area (Å²) in [6, 6.07) is 1.23. The van der Waals surface area contributed by atoms with E-state index in [4.69, 9.17) is 29.0 Å². The summed E-state index contributed by atoms with van der Waals surface area (Å²) >= 11 is 0. The van der Waals surface area contributed by atoms with Crippen LogP contribution in [-0.2, 0) is 46.3 Å². The largest absolute Gasteiger partial charge is 0.481 e. The number of ether oxygens (including phenoxy) is 3. The fraction of sp³-hybridized carbons (Fsp3) is 0.682. The van der Waals surface area contributed by atoms with E-state index in [0.29, 0.717) is 12.3 Å². The molecule has 0 amide bonds. The fourth-order valence-electron chi connectivity index (χ4n) is 6.36. The van der Waals surface area contributed by atoms with Crippen molar-refractivity contribution >= 4 is 33.4 Å². The number of nitrogens with zero attached hydrogens (tertiary/aromatic N) is 2. The van der Waals surface area contributed by atoms with E-state index in [-0.39, 0.29) is 31.5 Å². The number of rotatable bonds is 35. The summed E-state index contributed by atoms with van der Waals surface area (Å²) in [5.41, 5.74) is 4.56. The molecule has 1 aliphatic heterocycles. The molecule has 0 bridgehead atoms. The van der Waals surface area contributed by atoms with Gasteiger partial charge in [0.05, 0.1) is 19.3 Å². The summed E-state index contributed by atoms with van der Waals surface area (Å²) in [5.74, 6) is -0.875. The average molecular weight is 962 g/mol. The molecule has 0 saturated carbocycles. The first-order valence-corrected chi connectivity index (χ1v) is 25.6. The summed E-state index contributed by atoms with van der Waals surface area (Å²) in [5, 5.41) is 31.1. The van der Waals surface area contributed by atoms with Crippen molar-refractivity contribution in [2.24, 2.45) is 5.92 Å². The predicted molar refractivity (Wildman–Crippen MR) is 244 cm³/mol. The molecule has 0 aromatic carbocycles. The van der Waals surface area contributed by atoms with Gasteiger partial charge < -0.3 is 45.1 Å². The van der Waals surface area contributed by atoms with Gasteiger partial charge in [-0.2, -0.15) is 9.29 Å². The molecule has 8 atom stereocenters. The molecular formula is C44H73N3O16P2. The van der Waals surface area contributed by atoms with E-state index in [0.717, 1.165) is 68.6 Å². The number of carbonyl (C=O) groups excluding carboxylic acids is 2. The molecule has 0 aliphatic carbocycles. The summed E-state index contributed by atoms with van der Waals surface area (Å²) in [6.07, 6.45) is 21.5. The lowest BCUT2D eigenvalue weighted by molar-refractivity contribution is -0.161. The minimum atomic E-state index is -5.45. The van der Waals surface area contributed by atoms with Crippen molar-refractivity contribution in [3.8, 4) is 0 Å². The Balaban J connectivity index is 1.87. The van der Waals surface area contributed by atoms with Crippen molar-refractivity contribution in [3.63, 3.8) is 0 Å². The number of aromatic nitrogens is 2. The van der Waals surface area contributed by atoms with Crippen LogP contribution in [0.2, 0.25) is 0 Å². The average Bonchev–Trinajstić information content (AvgIpc) is 3.52. The van der Waals surface area contributed by atoms with Crippen LogP contribution in [0, 0.1) is 5.92 Å². The van der Waals surface area contributed by atoms with Crippen molar-refractivity contribution in [1.29, 1.82) is 0 Å². The highest BCUT2D eigenvalue weighted by molar-refractivity contribution is 7.61. The SMILES string of the molecule is CCCCC/C=C\C/C=C\C/C=C\C=C\[C@@H](O)CCCC(=O)OC[C@H](COP(=O)(O)OP(=O)(O)OC[C@H]1O[C@@H](n2ccc(N)nc2=O)[C@H](O)[C@@H]1O)OC(=O)CCCCCCCCC(C)C. The maximum atomic E-state index is 12.8. The number of unbranched alkanes of at least 4 members (excludes halogenated alkanes) is 8. The number of nitrogens with two attached hydrogens (primary N) is 1. The van der Waals surface area contributed by atoms with E-state index in [1.807, 2.05) is 12.2 Å². The van der Waals surface area contributed by atoms with Gasteiger partial charge in [0.1, 0.15) is 30.7 Å². The first kappa shape index (κ1) is 57.8. The highest BCUT2D eigenvalue weighted by atomic mass is 31.3. The van der Waals surface area contributed by atoms with Gasteiger partial charge in [-0.3, -0.25) is 23.2 Å². The van der Waals surface area contributed by atoms with Crippen molar-refractivity contribution < 1.29 is 71.4 Å². The lowest BCUT2D eigenvalue weighted by atomic mass is 10.0. The first-order valence-electron chi connectivity index (χ1n) is 22.6. The summed E-state index contributed by atoms with van der Waals surface area (Å²) < 4.78 is 56.3. The Bertz CT molecular complexity index is 1800. The first-order chi connectivity index (χ1) is 30.9. The summed E-state index contributed by atoms with van der Waals surface area (Å²) in [4.78, 5) is 61.6. The Hall–Kier alpha value is -3.32. The molecule has 21 heteroatoms. The number of aliphatic hydroxyl groups excluding tert-OH is 3. The zero-order valence-corrected chi connectivity index (χ0v) is 39.8.